The summed E-state index contributed by atoms with van der Waals surface area (Å²) in [6, 6.07) is 10.0. The first-order valence-electron chi connectivity index (χ1n) is 11.2. The molecule has 1 unspecified atom stereocenters. The molecule has 2 amide bonds. The summed E-state index contributed by atoms with van der Waals surface area (Å²) in [5.41, 5.74) is 2.67. The minimum Gasteiger partial charge on any atom is -0.354 e. The van der Waals surface area contributed by atoms with Gasteiger partial charge in [-0.3, -0.25) is 13.9 Å². The van der Waals surface area contributed by atoms with Crippen molar-refractivity contribution < 1.29 is 22.4 Å². The van der Waals surface area contributed by atoms with E-state index in [1.807, 2.05) is 26.8 Å². The van der Waals surface area contributed by atoms with Crippen molar-refractivity contribution in [3.8, 4) is 0 Å². The van der Waals surface area contributed by atoms with E-state index in [0.29, 0.717) is 17.8 Å². The fourth-order valence-electron chi connectivity index (χ4n) is 3.42. The highest BCUT2D eigenvalue weighted by molar-refractivity contribution is 7.92. The number of hydrogen-bond acceptors (Lipinski definition) is 4. The van der Waals surface area contributed by atoms with Crippen molar-refractivity contribution in [1.82, 2.24) is 10.2 Å². The lowest BCUT2D eigenvalue weighted by Gasteiger charge is -2.32. The Kier molecular flexibility index (Phi) is 9.21. The van der Waals surface area contributed by atoms with Gasteiger partial charge in [-0.1, -0.05) is 38.1 Å². The molecule has 0 aromatic heterocycles. The van der Waals surface area contributed by atoms with Crippen molar-refractivity contribution in [3.05, 3.63) is 65.0 Å². The largest absolute Gasteiger partial charge is 0.354 e. The normalized spacial score (nSPS) is 12.4. The number of nitrogens with one attached hydrogen (secondary N) is 1. The van der Waals surface area contributed by atoms with Crippen LogP contribution in [0.1, 0.15) is 37.5 Å². The number of aryl methyl sites for hydroxylation is 1. The lowest BCUT2D eigenvalue weighted by atomic mass is 10.1. The Bertz CT molecular complexity index is 1120. The number of carbonyl (C=O) groups is 2. The number of halogens is 1. The van der Waals surface area contributed by atoms with Crippen LogP contribution in [0.4, 0.5) is 10.1 Å². The Morgan fingerprint density at radius 2 is 1.65 bits per heavy atom. The van der Waals surface area contributed by atoms with Crippen molar-refractivity contribution >= 4 is 27.5 Å². The summed E-state index contributed by atoms with van der Waals surface area (Å²) in [6.45, 7) is 9.18. The maximum atomic E-state index is 13.5. The van der Waals surface area contributed by atoms with Crippen LogP contribution in [0.15, 0.2) is 42.5 Å². The van der Waals surface area contributed by atoms with E-state index in [-0.39, 0.29) is 18.4 Å². The number of sulfonamides is 1. The number of amides is 2. The maximum Gasteiger partial charge on any atom is 0.244 e. The molecule has 0 saturated heterocycles. The lowest BCUT2D eigenvalue weighted by Crippen LogP contribution is -2.51. The third-order valence-corrected chi connectivity index (χ3v) is 6.77. The lowest BCUT2D eigenvalue weighted by molar-refractivity contribution is -0.139. The molecular weight excluding hydrogens is 457 g/mol. The van der Waals surface area contributed by atoms with Crippen LogP contribution in [-0.2, 0) is 26.2 Å². The first kappa shape index (κ1) is 27.3. The number of hydrogen-bond donors (Lipinski definition) is 1. The van der Waals surface area contributed by atoms with Crippen molar-refractivity contribution in [2.75, 3.05) is 23.7 Å². The maximum absolute atomic E-state index is 13.5. The summed E-state index contributed by atoms with van der Waals surface area (Å²) in [7, 11) is -3.80. The fraction of sp³-hybridized carbons (Fsp3) is 0.440. The second-order valence-corrected chi connectivity index (χ2v) is 10.9. The first-order chi connectivity index (χ1) is 15.8. The molecule has 0 heterocycles. The van der Waals surface area contributed by atoms with Gasteiger partial charge in [0.25, 0.3) is 0 Å². The average Bonchev–Trinajstić information content (AvgIpc) is 2.76. The van der Waals surface area contributed by atoms with Gasteiger partial charge < -0.3 is 10.2 Å². The SMILES string of the molecule is Cc1cccc(N(CC(=O)N(Cc2ccc(F)cc2)C(C)C(=O)NCC(C)C)S(C)(=O)=O)c1C. The molecule has 0 fully saturated rings. The molecular formula is C25H34FN3O4S. The zero-order valence-corrected chi connectivity index (χ0v) is 21.4. The van der Waals surface area contributed by atoms with Crippen molar-refractivity contribution in [3.63, 3.8) is 0 Å². The van der Waals surface area contributed by atoms with E-state index in [1.54, 1.807) is 26.0 Å². The standard InChI is InChI=1S/C25H34FN3O4S/c1-17(2)14-27-25(31)20(5)28(15-21-10-12-22(26)13-11-21)24(30)16-29(34(6,32)33)23-9-7-8-18(3)19(23)4/h7-13,17,20H,14-16H2,1-6H3,(H,27,31). The molecule has 9 heteroatoms. The van der Waals surface area contributed by atoms with Crippen LogP contribution in [0.5, 0.6) is 0 Å². The molecule has 2 aromatic carbocycles. The zero-order valence-electron chi connectivity index (χ0n) is 20.6. The van der Waals surface area contributed by atoms with Gasteiger partial charge in [0, 0.05) is 13.1 Å². The topological polar surface area (TPSA) is 86.8 Å². The van der Waals surface area contributed by atoms with E-state index in [9.17, 15) is 22.4 Å². The molecule has 2 aromatic rings. The highest BCUT2D eigenvalue weighted by atomic mass is 32.2. The number of anilines is 1. The zero-order chi connectivity index (χ0) is 25.6. The summed E-state index contributed by atoms with van der Waals surface area (Å²) in [5.74, 6) is -1.07. The highest BCUT2D eigenvalue weighted by Gasteiger charge is 2.30. The molecule has 0 bridgehead atoms. The van der Waals surface area contributed by atoms with Crippen LogP contribution in [0.2, 0.25) is 0 Å². The molecule has 34 heavy (non-hydrogen) atoms. The third-order valence-electron chi connectivity index (χ3n) is 5.64. The van der Waals surface area contributed by atoms with Crippen LogP contribution >= 0.6 is 0 Å². The van der Waals surface area contributed by atoms with Gasteiger partial charge >= 0.3 is 0 Å². The van der Waals surface area contributed by atoms with E-state index >= 15 is 0 Å². The number of carbonyl (C=O) groups excluding carboxylic acids is 2. The van der Waals surface area contributed by atoms with Crippen molar-refractivity contribution in [2.45, 2.75) is 47.2 Å². The molecule has 0 spiro atoms. The van der Waals surface area contributed by atoms with E-state index in [0.717, 1.165) is 21.7 Å². The van der Waals surface area contributed by atoms with E-state index in [2.05, 4.69) is 5.32 Å². The fourth-order valence-corrected chi connectivity index (χ4v) is 4.32. The van der Waals surface area contributed by atoms with E-state index in [4.69, 9.17) is 0 Å². The quantitative estimate of drug-likeness (QED) is 0.552. The summed E-state index contributed by atoms with van der Waals surface area (Å²) < 4.78 is 39.8. The monoisotopic (exact) mass is 491 g/mol. The van der Waals surface area contributed by atoms with Gasteiger partial charge in [-0.15, -0.1) is 0 Å². The molecule has 186 valence electrons. The predicted octanol–water partition coefficient (Wildman–Crippen LogP) is 3.40. The van der Waals surface area contributed by atoms with Crippen molar-refractivity contribution in [2.24, 2.45) is 5.92 Å². The Balaban J connectivity index is 2.40. The van der Waals surface area contributed by atoms with Crippen molar-refractivity contribution in [1.29, 1.82) is 0 Å². The highest BCUT2D eigenvalue weighted by Crippen LogP contribution is 2.25. The second kappa shape index (κ2) is 11.5. The second-order valence-electron chi connectivity index (χ2n) is 8.95. The molecule has 0 aliphatic carbocycles. The van der Waals surface area contributed by atoms with Crippen LogP contribution in [0, 0.1) is 25.6 Å². The summed E-state index contributed by atoms with van der Waals surface area (Å²) in [5, 5.41) is 2.82. The Labute approximate surface area is 202 Å². The van der Waals surface area contributed by atoms with Gasteiger partial charge in [0.05, 0.1) is 11.9 Å². The van der Waals surface area contributed by atoms with Crippen LogP contribution < -0.4 is 9.62 Å². The molecule has 1 atom stereocenters. The Morgan fingerprint density at radius 3 is 2.21 bits per heavy atom. The number of nitrogens with zero attached hydrogens (tertiary/aromatic N) is 2. The third kappa shape index (κ3) is 7.28. The van der Waals surface area contributed by atoms with Gasteiger partial charge in [0.1, 0.15) is 18.4 Å². The molecule has 7 nitrogen and oxygen atoms in total. The van der Waals surface area contributed by atoms with Gasteiger partial charge in [-0.25, -0.2) is 12.8 Å². The molecule has 0 aliphatic heterocycles. The number of benzene rings is 2. The van der Waals surface area contributed by atoms with E-state index in [1.165, 1.54) is 29.2 Å². The van der Waals surface area contributed by atoms with Crippen LogP contribution in [0.25, 0.3) is 0 Å². The van der Waals surface area contributed by atoms with Crippen LogP contribution in [-0.4, -0.2) is 50.5 Å². The van der Waals surface area contributed by atoms with Gasteiger partial charge in [-0.05, 0) is 61.6 Å². The summed E-state index contributed by atoms with van der Waals surface area (Å²) in [6.07, 6.45) is 1.05. The first-order valence-corrected chi connectivity index (χ1v) is 13.0. The molecule has 1 N–H and O–H groups in total. The molecule has 0 saturated carbocycles. The average molecular weight is 492 g/mol. The molecule has 0 aliphatic rings. The minimum atomic E-state index is -3.80. The Morgan fingerprint density at radius 1 is 1.03 bits per heavy atom. The predicted molar refractivity (Wildman–Crippen MR) is 132 cm³/mol. The molecule has 0 radical (unpaired) electrons. The minimum absolute atomic E-state index is 0.0276. The smallest absolute Gasteiger partial charge is 0.244 e. The number of rotatable bonds is 10. The van der Waals surface area contributed by atoms with E-state index < -0.39 is 34.3 Å². The summed E-state index contributed by atoms with van der Waals surface area (Å²) in [4.78, 5) is 27.6. The summed E-state index contributed by atoms with van der Waals surface area (Å²) >= 11 is 0. The Hall–Kier alpha value is -2.94. The molecule has 2 rings (SSSR count). The van der Waals surface area contributed by atoms with Gasteiger partial charge in [0.2, 0.25) is 21.8 Å². The van der Waals surface area contributed by atoms with Crippen LogP contribution in [0.3, 0.4) is 0 Å². The van der Waals surface area contributed by atoms with Gasteiger partial charge in [-0.2, -0.15) is 0 Å². The van der Waals surface area contributed by atoms with Gasteiger partial charge in [0.15, 0.2) is 0 Å².